The molecule has 1 saturated heterocycles. The maximum absolute atomic E-state index is 12.7. The molecule has 2 aliphatic rings. The maximum Gasteiger partial charge on any atom is 0.225 e. The highest BCUT2D eigenvalue weighted by atomic mass is 16.2. The van der Waals surface area contributed by atoms with Crippen molar-refractivity contribution >= 4 is 11.8 Å². The predicted octanol–water partition coefficient (Wildman–Crippen LogP) is 1.86. The van der Waals surface area contributed by atoms with Gasteiger partial charge in [0.1, 0.15) is 6.33 Å². The van der Waals surface area contributed by atoms with Gasteiger partial charge in [0.05, 0.1) is 6.54 Å². The Bertz CT molecular complexity index is 615. The zero-order valence-corrected chi connectivity index (χ0v) is 15.5. The molecule has 0 radical (unpaired) electrons. The van der Waals surface area contributed by atoms with E-state index >= 15 is 0 Å². The monoisotopic (exact) mass is 347 g/mol. The minimum Gasteiger partial charge on any atom is -0.342 e. The molecule has 138 valence electrons. The molecular formula is C18H29N5O2. The second-order valence-electron chi connectivity index (χ2n) is 7.67. The molecule has 2 fully saturated rings. The number of piperidine rings is 1. The van der Waals surface area contributed by atoms with Gasteiger partial charge in [0.25, 0.3) is 0 Å². The first kappa shape index (κ1) is 17.9. The quantitative estimate of drug-likeness (QED) is 0.815. The van der Waals surface area contributed by atoms with Crippen molar-refractivity contribution in [3.05, 3.63) is 12.2 Å². The van der Waals surface area contributed by atoms with Crippen LogP contribution < -0.4 is 0 Å². The van der Waals surface area contributed by atoms with E-state index in [-0.39, 0.29) is 23.8 Å². The highest BCUT2D eigenvalue weighted by molar-refractivity contribution is 5.81. The van der Waals surface area contributed by atoms with Gasteiger partial charge < -0.3 is 14.4 Å². The molecule has 0 N–H and O–H groups in total. The second kappa shape index (κ2) is 7.54. The molecule has 0 unspecified atom stereocenters. The van der Waals surface area contributed by atoms with Crippen LogP contribution in [0.25, 0.3) is 0 Å². The van der Waals surface area contributed by atoms with E-state index in [1.165, 1.54) is 6.42 Å². The number of likely N-dealkylation sites (tertiary alicyclic amines) is 1. The third-order valence-corrected chi connectivity index (χ3v) is 5.57. The van der Waals surface area contributed by atoms with Crippen molar-refractivity contribution in [1.29, 1.82) is 0 Å². The van der Waals surface area contributed by atoms with Crippen molar-refractivity contribution in [3.63, 3.8) is 0 Å². The van der Waals surface area contributed by atoms with E-state index in [9.17, 15) is 9.59 Å². The average Bonchev–Trinajstić information content (AvgIpc) is 3.01. The van der Waals surface area contributed by atoms with Crippen LogP contribution in [0.2, 0.25) is 0 Å². The molecule has 0 spiro atoms. The molecule has 25 heavy (non-hydrogen) atoms. The summed E-state index contributed by atoms with van der Waals surface area (Å²) < 4.78 is 1.99. The summed E-state index contributed by atoms with van der Waals surface area (Å²) >= 11 is 0. The van der Waals surface area contributed by atoms with Crippen molar-refractivity contribution in [2.75, 3.05) is 20.1 Å². The van der Waals surface area contributed by atoms with Gasteiger partial charge in [-0.1, -0.05) is 6.42 Å². The third-order valence-electron chi connectivity index (χ3n) is 5.57. The fourth-order valence-electron chi connectivity index (χ4n) is 3.67. The number of nitrogens with zero attached hydrogens (tertiary/aromatic N) is 5. The number of hydrogen-bond acceptors (Lipinski definition) is 4. The van der Waals surface area contributed by atoms with Crippen molar-refractivity contribution < 1.29 is 9.59 Å². The Balaban J connectivity index is 1.51. The van der Waals surface area contributed by atoms with Crippen molar-refractivity contribution in [3.8, 4) is 0 Å². The fraction of sp³-hybridized carbons (Fsp3) is 0.778. The molecule has 1 aromatic heterocycles. The van der Waals surface area contributed by atoms with Crippen LogP contribution in [0.4, 0.5) is 0 Å². The number of rotatable bonds is 5. The van der Waals surface area contributed by atoms with Crippen LogP contribution in [0.15, 0.2) is 6.33 Å². The third kappa shape index (κ3) is 3.85. The first-order valence-corrected chi connectivity index (χ1v) is 9.39. The molecule has 7 heteroatoms. The van der Waals surface area contributed by atoms with Gasteiger partial charge in [-0.25, -0.2) is 0 Å². The molecule has 0 aromatic carbocycles. The molecule has 1 aromatic rings. The Morgan fingerprint density at radius 2 is 1.88 bits per heavy atom. The van der Waals surface area contributed by atoms with Crippen LogP contribution in [-0.2, 0) is 16.1 Å². The van der Waals surface area contributed by atoms with E-state index < -0.39 is 0 Å². The molecule has 0 bridgehead atoms. The van der Waals surface area contributed by atoms with Gasteiger partial charge in [-0.15, -0.1) is 10.2 Å². The van der Waals surface area contributed by atoms with E-state index in [0.717, 1.165) is 31.5 Å². The van der Waals surface area contributed by atoms with Crippen LogP contribution in [0, 0.1) is 11.8 Å². The summed E-state index contributed by atoms with van der Waals surface area (Å²) in [6, 6.07) is 0.272. The topological polar surface area (TPSA) is 71.3 Å². The molecular weight excluding hydrogens is 318 g/mol. The summed E-state index contributed by atoms with van der Waals surface area (Å²) in [6.07, 6.45) is 6.49. The first-order valence-electron chi connectivity index (χ1n) is 9.39. The van der Waals surface area contributed by atoms with Gasteiger partial charge in [0.2, 0.25) is 11.8 Å². The summed E-state index contributed by atoms with van der Waals surface area (Å²) in [4.78, 5) is 28.8. The Kier molecular flexibility index (Phi) is 5.39. The van der Waals surface area contributed by atoms with E-state index in [1.54, 1.807) is 11.2 Å². The van der Waals surface area contributed by atoms with Gasteiger partial charge >= 0.3 is 0 Å². The number of aromatic nitrogens is 3. The Morgan fingerprint density at radius 1 is 1.20 bits per heavy atom. The second-order valence-corrected chi connectivity index (χ2v) is 7.67. The van der Waals surface area contributed by atoms with Gasteiger partial charge in [-0.2, -0.15) is 0 Å². The van der Waals surface area contributed by atoms with Crippen LogP contribution in [0.3, 0.4) is 0 Å². The molecule has 0 atom stereocenters. The van der Waals surface area contributed by atoms with E-state index in [4.69, 9.17) is 0 Å². The van der Waals surface area contributed by atoms with Crippen molar-refractivity contribution in [1.82, 2.24) is 24.6 Å². The lowest BCUT2D eigenvalue weighted by Crippen LogP contribution is -2.46. The summed E-state index contributed by atoms with van der Waals surface area (Å²) in [7, 11) is 1.83. The van der Waals surface area contributed by atoms with Crippen LogP contribution in [0.1, 0.15) is 57.8 Å². The van der Waals surface area contributed by atoms with E-state index in [1.807, 2.05) is 16.5 Å². The Morgan fingerprint density at radius 3 is 2.44 bits per heavy atom. The van der Waals surface area contributed by atoms with Gasteiger partial charge in [-0.05, 0) is 39.5 Å². The molecule has 2 heterocycles. The highest BCUT2D eigenvalue weighted by Crippen LogP contribution is 2.30. The summed E-state index contributed by atoms with van der Waals surface area (Å²) in [5.74, 6) is 1.51. The number of amides is 2. The fourth-order valence-corrected chi connectivity index (χ4v) is 3.67. The van der Waals surface area contributed by atoms with Gasteiger partial charge in [-0.3, -0.25) is 9.59 Å². The first-order chi connectivity index (χ1) is 12.0. The predicted molar refractivity (Wildman–Crippen MR) is 93.5 cm³/mol. The summed E-state index contributed by atoms with van der Waals surface area (Å²) in [5.41, 5.74) is 0. The lowest BCUT2D eigenvalue weighted by atomic mass is 9.83. The minimum atomic E-state index is 0.00543. The van der Waals surface area contributed by atoms with E-state index in [2.05, 4.69) is 24.0 Å². The average molecular weight is 347 g/mol. The molecule has 1 aliphatic carbocycles. The zero-order valence-electron chi connectivity index (χ0n) is 15.5. The van der Waals surface area contributed by atoms with Crippen LogP contribution in [0.5, 0.6) is 0 Å². The number of carbonyl (C=O) groups excluding carboxylic acids is 2. The molecule has 3 rings (SSSR count). The van der Waals surface area contributed by atoms with Crippen LogP contribution >= 0.6 is 0 Å². The maximum atomic E-state index is 12.7. The normalized spacial score (nSPS) is 19.1. The molecule has 7 nitrogen and oxygen atoms in total. The molecule has 2 amide bonds. The largest absolute Gasteiger partial charge is 0.342 e. The summed E-state index contributed by atoms with van der Waals surface area (Å²) in [5, 5.41) is 8.10. The standard InChI is InChI=1S/C18H29N5O2/c1-13(2)23-12-19-20-16(23)11-21(3)17(24)15-7-9-22(10-8-15)18(25)14-5-4-6-14/h12-15H,4-11H2,1-3H3. The Labute approximate surface area is 149 Å². The van der Waals surface area contributed by atoms with Gasteiger partial charge in [0, 0.05) is 38.0 Å². The lowest BCUT2D eigenvalue weighted by molar-refractivity contribution is -0.143. The molecule has 1 saturated carbocycles. The smallest absolute Gasteiger partial charge is 0.225 e. The van der Waals surface area contributed by atoms with Crippen molar-refractivity contribution in [2.24, 2.45) is 11.8 Å². The lowest BCUT2D eigenvalue weighted by Gasteiger charge is -2.37. The number of hydrogen-bond donors (Lipinski definition) is 0. The Hall–Kier alpha value is -1.92. The van der Waals surface area contributed by atoms with Crippen LogP contribution in [-0.4, -0.2) is 56.5 Å². The zero-order chi connectivity index (χ0) is 18.0. The molecule has 1 aliphatic heterocycles. The highest BCUT2D eigenvalue weighted by Gasteiger charge is 2.34. The number of carbonyl (C=O) groups is 2. The SMILES string of the molecule is CC(C)n1cnnc1CN(C)C(=O)C1CCN(C(=O)C2CCC2)CC1. The van der Waals surface area contributed by atoms with Crippen molar-refractivity contribution in [2.45, 2.75) is 58.5 Å². The van der Waals surface area contributed by atoms with E-state index in [0.29, 0.717) is 25.5 Å². The summed E-state index contributed by atoms with van der Waals surface area (Å²) in [6.45, 7) is 6.04. The minimum absolute atomic E-state index is 0.00543. The van der Waals surface area contributed by atoms with Gasteiger partial charge in [0.15, 0.2) is 5.82 Å².